The van der Waals surface area contributed by atoms with Gasteiger partial charge in [-0.3, -0.25) is 14.6 Å². The Balaban J connectivity index is 1.51. The van der Waals surface area contributed by atoms with Crippen LogP contribution in [0.2, 0.25) is 0 Å². The van der Waals surface area contributed by atoms with Gasteiger partial charge in [0.05, 0.1) is 15.1 Å². The summed E-state index contributed by atoms with van der Waals surface area (Å²) in [4.78, 5) is 29.2. The quantitative estimate of drug-likeness (QED) is 0.298. The van der Waals surface area contributed by atoms with E-state index in [1.807, 2.05) is 0 Å². The molecule has 0 saturated carbocycles. The van der Waals surface area contributed by atoms with Gasteiger partial charge in [-0.15, -0.1) is 11.3 Å². The number of hydrogen-bond donors (Lipinski definition) is 0. The topological polar surface area (TPSA) is 85.7 Å². The number of amides is 1. The molecule has 0 unspecified atom stereocenters. The van der Waals surface area contributed by atoms with Crippen LogP contribution in [-0.2, 0) is 27.4 Å². The molecule has 0 fully saturated rings. The zero-order chi connectivity index (χ0) is 26.0. The molecule has 0 saturated heterocycles. The van der Waals surface area contributed by atoms with Gasteiger partial charge in [0.1, 0.15) is 28.9 Å². The number of halogens is 2. The lowest BCUT2D eigenvalue weighted by atomic mass is 10.0. The Bertz CT molecular complexity index is 1610. The summed E-state index contributed by atoms with van der Waals surface area (Å²) in [5, 5.41) is 0. The summed E-state index contributed by atoms with van der Waals surface area (Å²) in [6.45, 7) is 1.81. The van der Waals surface area contributed by atoms with Crippen molar-refractivity contribution in [1.82, 2.24) is 4.98 Å². The first-order chi connectivity index (χ1) is 17.0. The van der Waals surface area contributed by atoms with Gasteiger partial charge in [-0.2, -0.15) is 4.36 Å². The molecule has 4 rings (SSSR count). The minimum atomic E-state index is -2.61. The van der Waals surface area contributed by atoms with Crippen LogP contribution in [0.1, 0.15) is 26.4 Å². The third-order valence-corrected chi connectivity index (χ3v) is 6.85. The molecular formula is C26H22F2N2O4S2. The molecule has 4 aromatic rings. The standard InChI is InChI=1S/C26H22F2N2O4S2/c1-15-4-7-20(27)17(10-15)12-18(31)11-16-5-6-19(13-21(16)28)34-23-8-9-29-22-14-24(35-25(22)23)26(32)30-36(2,3)33/h4-10,13-14H,11-12H2,1-3H3. The molecule has 2 heterocycles. The van der Waals surface area contributed by atoms with E-state index in [1.54, 1.807) is 25.1 Å². The summed E-state index contributed by atoms with van der Waals surface area (Å²) in [6.07, 6.45) is 3.93. The third kappa shape index (κ3) is 6.19. The van der Waals surface area contributed by atoms with Crippen LogP contribution in [0.25, 0.3) is 10.2 Å². The molecule has 6 nitrogen and oxygen atoms in total. The van der Waals surface area contributed by atoms with Crippen LogP contribution in [0.15, 0.2) is 59.1 Å². The monoisotopic (exact) mass is 528 g/mol. The van der Waals surface area contributed by atoms with E-state index in [0.29, 0.717) is 16.0 Å². The van der Waals surface area contributed by atoms with Gasteiger partial charge in [-0.25, -0.2) is 13.0 Å². The number of Topliss-reactive ketones (excluding diaryl/α,β-unsaturated/α-hetero) is 1. The van der Waals surface area contributed by atoms with E-state index < -0.39 is 27.3 Å². The molecule has 0 aliphatic rings. The van der Waals surface area contributed by atoms with Crippen LogP contribution in [-0.4, -0.2) is 33.4 Å². The first-order valence-corrected chi connectivity index (χ1v) is 14.0. The zero-order valence-corrected chi connectivity index (χ0v) is 21.3. The number of aromatic nitrogens is 1. The highest BCUT2D eigenvalue weighted by Crippen LogP contribution is 2.35. The lowest BCUT2D eigenvalue weighted by molar-refractivity contribution is -0.117. The molecule has 2 aromatic carbocycles. The summed E-state index contributed by atoms with van der Waals surface area (Å²) in [5.41, 5.74) is 1.78. The van der Waals surface area contributed by atoms with E-state index >= 15 is 0 Å². The minimum absolute atomic E-state index is 0.128. The van der Waals surface area contributed by atoms with Crippen molar-refractivity contribution in [2.75, 3.05) is 12.5 Å². The largest absolute Gasteiger partial charge is 0.456 e. The lowest BCUT2D eigenvalue weighted by Crippen LogP contribution is -2.09. The molecule has 186 valence electrons. The molecule has 0 atom stereocenters. The van der Waals surface area contributed by atoms with Crippen LogP contribution >= 0.6 is 11.3 Å². The Morgan fingerprint density at radius 1 is 1.00 bits per heavy atom. The van der Waals surface area contributed by atoms with Crippen LogP contribution in [0.3, 0.4) is 0 Å². The van der Waals surface area contributed by atoms with Crippen LogP contribution in [0.5, 0.6) is 11.5 Å². The number of rotatable bonds is 7. The molecule has 0 bridgehead atoms. The zero-order valence-electron chi connectivity index (χ0n) is 19.7. The second kappa shape index (κ2) is 10.2. The number of thiophene rings is 1. The van der Waals surface area contributed by atoms with Crippen LogP contribution in [0.4, 0.5) is 8.78 Å². The fourth-order valence-electron chi connectivity index (χ4n) is 3.53. The number of benzene rings is 2. The molecule has 10 heteroatoms. The van der Waals surface area contributed by atoms with E-state index in [1.165, 1.54) is 49.0 Å². The van der Waals surface area contributed by atoms with E-state index in [0.717, 1.165) is 16.9 Å². The Morgan fingerprint density at radius 2 is 1.75 bits per heavy atom. The van der Waals surface area contributed by atoms with Crippen molar-refractivity contribution in [3.63, 3.8) is 0 Å². The minimum Gasteiger partial charge on any atom is -0.456 e. The predicted octanol–water partition coefficient (Wildman–Crippen LogP) is 5.90. The van der Waals surface area contributed by atoms with E-state index in [4.69, 9.17) is 4.74 Å². The van der Waals surface area contributed by atoms with Gasteiger partial charge in [0, 0.05) is 53.4 Å². The number of hydrogen-bond acceptors (Lipinski definition) is 6. The molecule has 36 heavy (non-hydrogen) atoms. The number of pyridine rings is 1. The molecular weight excluding hydrogens is 506 g/mol. The van der Waals surface area contributed by atoms with Crippen LogP contribution in [0, 0.1) is 18.6 Å². The molecule has 2 aromatic heterocycles. The molecule has 0 radical (unpaired) electrons. The highest BCUT2D eigenvalue weighted by atomic mass is 32.2. The van der Waals surface area contributed by atoms with Gasteiger partial charge in [0.25, 0.3) is 5.91 Å². The third-order valence-electron chi connectivity index (χ3n) is 5.12. The van der Waals surface area contributed by atoms with Crippen molar-refractivity contribution in [3.05, 3.63) is 87.9 Å². The first-order valence-electron chi connectivity index (χ1n) is 10.8. The Hall–Kier alpha value is -3.50. The smallest absolute Gasteiger partial charge is 0.295 e. The molecule has 0 aliphatic carbocycles. The maximum absolute atomic E-state index is 14.8. The van der Waals surface area contributed by atoms with E-state index in [-0.39, 0.29) is 40.4 Å². The number of carbonyl (C=O) groups is 2. The highest BCUT2D eigenvalue weighted by Gasteiger charge is 2.17. The average molecular weight is 529 g/mol. The number of fused-ring (bicyclic) bond motifs is 1. The van der Waals surface area contributed by atoms with Crippen molar-refractivity contribution >= 4 is 43.0 Å². The lowest BCUT2D eigenvalue weighted by Gasteiger charge is -2.09. The fourth-order valence-corrected chi connectivity index (χ4v) is 5.04. The summed E-state index contributed by atoms with van der Waals surface area (Å²) >= 11 is 1.09. The summed E-state index contributed by atoms with van der Waals surface area (Å²) in [6, 6.07) is 11.8. The van der Waals surface area contributed by atoms with Crippen molar-refractivity contribution < 1.29 is 27.3 Å². The van der Waals surface area contributed by atoms with E-state index in [2.05, 4.69) is 9.35 Å². The summed E-state index contributed by atoms with van der Waals surface area (Å²) in [5.74, 6) is -1.46. The SMILES string of the molecule is Cc1ccc(F)c(CC(=O)Cc2ccc(Oc3ccnc4cc(C(=O)N=S(C)(C)=O)sc34)cc2F)c1. The van der Waals surface area contributed by atoms with Gasteiger partial charge in [-0.05, 0) is 36.2 Å². The van der Waals surface area contributed by atoms with Crippen molar-refractivity contribution in [2.24, 2.45) is 4.36 Å². The average Bonchev–Trinajstić information content (AvgIpc) is 3.23. The number of ketones is 1. The fraction of sp³-hybridized carbons (Fsp3) is 0.192. The number of carbonyl (C=O) groups excluding carboxylic acids is 2. The molecule has 1 amide bonds. The Labute approximate surface area is 211 Å². The number of nitrogens with zero attached hydrogens (tertiary/aromatic N) is 2. The van der Waals surface area contributed by atoms with Crippen molar-refractivity contribution in [2.45, 2.75) is 19.8 Å². The second-order valence-corrected chi connectivity index (χ2v) is 12.2. The maximum atomic E-state index is 14.8. The number of ether oxygens (including phenoxy) is 1. The number of aryl methyl sites for hydroxylation is 1. The van der Waals surface area contributed by atoms with Crippen LogP contribution < -0.4 is 4.74 Å². The Morgan fingerprint density at radius 3 is 2.47 bits per heavy atom. The molecule has 0 N–H and O–H groups in total. The van der Waals surface area contributed by atoms with E-state index in [9.17, 15) is 22.6 Å². The predicted molar refractivity (Wildman–Crippen MR) is 136 cm³/mol. The highest BCUT2D eigenvalue weighted by molar-refractivity contribution is 7.92. The second-order valence-electron chi connectivity index (χ2n) is 8.55. The van der Waals surface area contributed by atoms with Crippen molar-refractivity contribution in [3.8, 4) is 11.5 Å². The van der Waals surface area contributed by atoms with Gasteiger partial charge in [0.15, 0.2) is 0 Å². The maximum Gasteiger partial charge on any atom is 0.295 e. The first kappa shape index (κ1) is 25.6. The van der Waals surface area contributed by atoms with Gasteiger partial charge >= 0.3 is 0 Å². The van der Waals surface area contributed by atoms with Gasteiger partial charge in [-0.1, -0.05) is 23.8 Å². The normalized spacial score (nSPS) is 11.5. The summed E-state index contributed by atoms with van der Waals surface area (Å²) < 4.78 is 50.7. The van der Waals surface area contributed by atoms with Gasteiger partial charge < -0.3 is 4.74 Å². The Kier molecular flexibility index (Phi) is 7.28. The van der Waals surface area contributed by atoms with Gasteiger partial charge in [0.2, 0.25) is 0 Å². The molecule has 0 aliphatic heterocycles. The molecule has 0 spiro atoms. The van der Waals surface area contributed by atoms with Crippen molar-refractivity contribution in [1.29, 1.82) is 0 Å². The summed E-state index contributed by atoms with van der Waals surface area (Å²) in [7, 11) is -2.61.